The highest BCUT2D eigenvalue weighted by Crippen LogP contribution is 2.29. The lowest BCUT2D eigenvalue weighted by molar-refractivity contribution is 0.143. The van der Waals surface area contributed by atoms with E-state index >= 15 is 0 Å². The van der Waals surface area contributed by atoms with Gasteiger partial charge in [-0.15, -0.1) is 0 Å². The largest absolute Gasteiger partial charge is 0.322 e. The molecule has 1 N–H and O–H groups in total. The summed E-state index contributed by atoms with van der Waals surface area (Å²) in [6.07, 6.45) is 0. The Balaban J connectivity index is 1.57. The van der Waals surface area contributed by atoms with E-state index in [1.54, 1.807) is 0 Å². The number of hydrogen-bond donors (Lipinski definition) is 1. The van der Waals surface area contributed by atoms with E-state index in [-0.39, 0.29) is 11.4 Å². The molecule has 1 fully saturated rings. The van der Waals surface area contributed by atoms with E-state index < -0.39 is 0 Å². The van der Waals surface area contributed by atoms with E-state index in [9.17, 15) is 4.79 Å². The molecule has 1 saturated heterocycles. The summed E-state index contributed by atoms with van der Waals surface area (Å²) in [4.78, 5) is 17.0. The Morgan fingerprint density at radius 2 is 1.63 bits per heavy atom. The second-order valence-corrected chi connectivity index (χ2v) is 8.49. The van der Waals surface area contributed by atoms with Crippen molar-refractivity contribution in [3.63, 3.8) is 0 Å². The van der Waals surface area contributed by atoms with E-state index in [0.717, 1.165) is 41.5 Å². The van der Waals surface area contributed by atoms with Crippen molar-refractivity contribution < 1.29 is 4.79 Å². The second kappa shape index (κ2) is 8.32. The summed E-state index contributed by atoms with van der Waals surface area (Å²) in [5.41, 5.74) is 3.16. The number of amides is 2. The van der Waals surface area contributed by atoms with E-state index in [1.165, 1.54) is 0 Å². The van der Waals surface area contributed by atoms with E-state index in [1.807, 2.05) is 41.3 Å². The first kappa shape index (κ1) is 19.7. The number of nitrogens with zero attached hydrogens (tertiary/aromatic N) is 2. The summed E-state index contributed by atoms with van der Waals surface area (Å²) in [6, 6.07) is 16.0. The van der Waals surface area contributed by atoms with Crippen LogP contribution in [-0.2, 0) is 12.0 Å². The number of carbonyl (C=O) groups is 1. The number of anilines is 1. The molecule has 0 bridgehead atoms. The summed E-state index contributed by atoms with van der Waals surface area (Å²) in [5.74, 6) is 0. The highest BCUT2D eigenvalue weighted by atomic mass is 35.5. The standard InChI is InChI=1S/C22H28ClN3O/c1-22(2,3)18-9-5-7-11-20(18)24-21(27)26-14-12-25(13-15-26)16-17-8-4-6-10-19(17)23/h4-11H,12-16H2,1-3H3,(H,24,27). The molecule has 27 heavy (non-hydrogen) atoms. The predicted molar refractivity (Wildman–Crippen MR) is 112 cm³/mol. The number of halogens is 1. The molecule has 0 saturated carbocycles. The number of rotatable bonds is 3. The fourth-order valence-corrected chi connectivity index (χ4v) is 3.61. The van der Waals surface area contributed by atoms with Crippen LogP contribution in [-0.4, -0.2) is 42.0 Å². The Morgan fingerprint density at radius 1 is 1.00 bits per heavy atom. The Morgan fingerprint density at radius 3 is 2.30 bits per heavy atom. The fourth-order valence-electron chi connectivity index (χ4n) is 3.42. The summed E-state index contributed by atoms with van der Waals surface area (Å²) in [5, 5.41) is 3.91. The van der Waals surface area contributed by atoms with E-state index in [2.05, 4.69) is 43.1 Å². The maximum absolute atomic E-state index is 12.7. The molecule has 3 rings (SSSR count). The Bertz CT molecular complexity index is 792. The molecule has 0 atom stereocenters. The summed E-state index contributed by atoms with van der Waals surface area (Å²) in [6.45, 7) is 10.4. The molecule has 5 heteroatoms. The van der Waals surface area contributed by atoms with Crippen LogP contribution >= 0.6 is 11.6 Å². The van der Waals surface area contributed by atoms with Crippen LogP contribution in [0.5, 0.6) is 0 Å². The maximum Gasteiger partial charge on any atom is 0.321 e. The van der Waals surface area contributed by atoms with Crippen LogP contribution in [0.15, 0.2) is 48.5 Å². The average molecular weight is 386 g/mol. The molecule has 2 aromatic rings. The Labute approximate surface area is 167 Å². The molecule has 2 aromatic carbocycles. The van der Waals surface area contributed by atoms with Crippen molar-refractivity contribution in [1.82, 2.24) is 9.80 Å². The van der Waals surface area contributed by atoms with Crippen LogP contribution in [0.1, 0.15) is 31.9 Å². The van der Waals surface area contributed by atoms with Crippen molar-refractivity contribution in [2.45, 2.75) is 32.7 Å². The van der Waals surface area contributed by atoms with Gasteiger partial charge in [-0.3, -0.25) is 4.90 Å². The zero-order valence-electron chi connectivity index (χ0n) is 16.3. The molecule has 0 radical (unpaired) electrons. The van der Waals surface area contributed by atoms with Crippen LogP contribution < -0.4 is 5.32 Å². The zero-order chi connectivity index (χ0) is 19.4. The molecular weight excluding hydrogens is 358 g/mol. The third-order valence-electron chi connectivity index (χ3n) is 4.99. The van der Waals surface area contributed by atoms with Gasteiger partial charge in [0.2, 0.25) is 0 Å². The highest BCUT2D eigenvalue weighted by molar-refractivity contribution is 6.31. The van der Waals surface area contributed by atoms with Crippen LogP contribution in [0.25, 0.3) is 0 Å². The molecule has 1 aliphatic heterocycles. The lowest BCUT2D eigenvalue weighted by Crippen LogP contribution is -2.49. The van der Waals surface area contributed by atoms with Gasteiger partial charge >= 0.3 is 6.03 Å². The number of urea groups is 1. The van der Waals surface area contributed by atoms with E-state index in [0.29, 0.717) is 13.1 Å². The molecule has 4 nitrogen and oxygen atoms in total. The fraction of sp³-hybridized carbons (Fsp3) is 0.409. The SMILES string of the molecule is CC(C)(C)c1ccccc1NC(=O)N1CCN(Cc2ccccc2Cl)CC1. The number of piperazine rings is 1. The minimum Gasteiger partial charge on any atom is -0.322 e. The first-order chi connectivity index (χ1) is 12.8. The van der Waals surface area contributed by atoms with Gasteiger partial charge in [-0.1, -0.05) is 68.8 Å². The number of nitrogens with one attached hydrogen (secondary N) is 1. The highest BCUT2D eigenvalue weighted by Gasteiger charge is 2.24. The lowest BCUT2D eigenvalue weighted by Gasteiger charge is -2.35. The van der Waals surface area contributed by atoms with Gasteiger partial charge in [-0.05, 0) is 28.7 Å². The zero-order valence-corrected chi connectivity index (χ0v) is 17.1. The predicted octanol–water partition coefficient (Wildman–Crippen LogP) is 4.99. The molecule has 0 unspecified atom stereocenters. The van der Waals surface area contributed by atoms with Gasteiger partial charge in [-0.2, -0.15) is 0 Å². The van der Waals surface area contributed by atoms with Crippen LogP contribution in [0.3, 0.4) is 0 Å². The van der Waals surface area contributed by atoms with Gasteiger partial charge in [0.25, 0.3) is 0 Å². The molecule has 0 aliphatic carbocycles. The van der Waals surface area contributed by atoms with Crippen molar-refractivity contribution >= 4 is 23.3 Å². The van der Waals surface area contributed by atoms with Crippen molar-refractivity contribution in [3.8, 4) is 0 Å². The molecule has 0 aromatic heterocycles. The number of para-hydroxylation sites is 1. The van der Waals surface area contributed by atoms with Crippen LogP contribution in [0, 0.1) is 0 Å². The Hall–Kier alpha value is -2.04. The first-order valence-corrected chi connectivity index (χ1v) is 9.83. The molecule has 2 amide bonds. The average Bonchev–Trinajstić information content (AvgIpc) is 2.64. The van der Waals surface area contributed by atoms with Gasteiger partial charge in [0.05, 0.1) is 0 Å². The summed E-state index contributed by atoms with van der Waals surface area (Å²) >= 11 is 6.26. The Kier molecular flexibility index (Phi) is 6.08. The number of benzene rings is 2. The van der Waals surface area contributed by atoms with Crippen molar-refractivity contribution in [3.05, 3.63) is 64.7 Å². The monoisotopic (exact) mass is 385 g/mol. The lowest BCUT2D eigenvalue weighted by atomic mass is 9.86. The normalized spacial score (nSPS) is 15.6. The van der Waals surface area contributed by atoms with E-state index in [4.69, 9.17) is 11.6 Å². The van der Waals surface area contributed by atoms with Crippen molar-refractivity contribution in [2.75, 3.05) is 31.5 Å². The summed E-state index contributed by atoms with van der Waals surface area (Å²) < 4.78 is 0. The van der Waals surface area contributed by atoms with Gasteiger partial charge in [0.1, 0.15) is 0 Å². The second-order valence-electron chi connectivity index (χ2n) is 8.08. The number of hydrogen-bond acceptors (Lipinski definition) is 2. The third kappa shape index (κ3) is 5.02. The molecule has 0 spiro atoms. The van der Waals surface area contributed by atoms with Crippen LogP contribution in [0.2, 0.25) is 5.02 Å². The van der Waals surface area contributed by atoms with Crippen molar-refractivity contribution in [2.24, 2.45) is 0 Å². The van der Waals surface area contributed by atoms with Crippen molar-refractivity contribution in [1.29, 1.82) is 0 Å². The topological polar surface area (TPSA) is 35.6 Å². The van der Waals surface area contributed by atoms with Crippen LogP contribution in [0.4, 0.5) is 10.5 Å². The number of carbonyl (C=O) groups excluding carboxylic acids is 1. The van der Waals surface area contributed by atoms with Gasteiger partial charge in [0, 0.05) is 43.4 Å². The maximum atomic E-state index is 12.7. The first-order valence-electron chi connectivity index (χ1n) is 9.46. The summed E-state index contributed by atoms with van der Waals surface area (Å²) in [7, 11) is 0. The molecular formula is C22H28ClN3O. The molecule has 1 heterocycles. The smallest absolute Gasteiger partial charge is 0.321 e. The minimum atomic E-state index is -0.0240. The molecule has 144 valence electrons. The van der Waals surface area contributed by atoms with Gasteiger partial charge in [0.15, 0.2) is 0 Å². The third-order valence-corrected chi connectivity index (χ3v) is 5.36. The minimum absolute atomic E-state index is 0.0163. The van der Waals surface area contributed by atoms with Gasteiger partial charge < -0.3 is 10.2 Å². The van der Waals surface area contributed by atoms with Gasteiger partial charge in [-0.25, -0.2) is 4.79 Å². The quantitative estimate of drug-likeness (QED) is 0.808. The molecule has 1 aliphatic rings.